The minimum atomic E-state index is -3.51. The summed E-state index contributed by atoms with van der Waals surface area (Å²) in [6.07, 6.45) is 2.55. The standard InChI is InChI=1S/C13H20ClN3O2S/c1-16-6-5-12(9-16)10-17(2)20(18,19)13-4-3-11(7-14)8-15-13/h3-4,8,12H,5-7,9-10H2,1-2H3. The number of halogens is 1. The Morgan fingerprint density at radius 3 is 2.75 bits per heavy atom. The monoisotopic (exact) mass is 317 g/mol. The Kier molecular flexibility index (Phi) is 5.01. The van der Waals surface area contributed by atoms with Crippen LogP contribution in [0.3, 0.4) is 0 Å². The Bertz CT molecular complexity index is 547. The number of alkyl halides is 1. The summed E-state index contributed by atoms with van der Waals surface area (Å²) in [5.74, 6) is 0.722. The average Bonchev–Trinajstić information content (AvgIpc) is 2.84. The largest absolute Gasteiger partial charge is 0.306 e. The highest BCUT2D eigenvalue weighted by atomic mass is 35.5. The Hall–Kier alpha value is -0.690. The molecule has 0 aliphatic carbocycles. The molecule has 1 aromatic heterocycles. The molecule has 0 N–H and O–H groups in total. The van der Waals surface area contributed by atoms with Crippen LogP contribution in [-0.2, 0) is 15.9 Å². The first-order chi connectivity index (χ1) is 9.43. The minimum Gasteiger partial charge on any atom is -0.306 e. The highest BCUT2D eigenvalue weighted by Gasteiger charge is 2.27. The molecule has 5 nitrogen and oxygen atoms in total. The number of nitrogens with zero attached hydrogens (tertiary/aromatic N) is 3. The highest BCUT2D eigenvalue weighted by molar-refractivity contribution is 7.89. The van der Waals surface area contributed by atoms with Crippen molar-refractivity contribution >= 4 is 21.6 Å². The quantitative estimate of drug-likeness (QED) is 0.770. The van der Waals surface area contributed by atoms with Gasteiger partial charge in [0.25, 0.3) is 10.0 Å². The zero-order valence-electron chi connectivity index (χ0n) is 11.8. The number of hydrogen-bond donors (Lipinski definition) is 0. The molecule has 1 atom stereocenters. The Morgan fingerprint density at radius 1 is 1.50 bits per heavy atom. The molecule has 1 aliphatic rings. The summed E-state index contributed by atoms with van der Waals surface area (Å²) in [5, 5.41) is 0.0835. The molecule has 0 radical (unpaired) electrons. The van der Waals surface area contributed by atoms with Crippen molar-refractivity contribution in [2.75, 3.05) is 33.7 Å². The predicted octanol–water partition coefficient (Wildman–Crippen LogP) is 1.39. The Balaban J connectivity index is 2.08. The number of likely N-dealkylation sites (tertiary alicyclic amines) is 1. The molecule has 2 heterocycles. The van der Waals surface area contributed by atoms with Gasteiger partial charge in [-0.15, -0.1) is 11.6 Å². The molecule has 1 unspecified atom stereocenters. The van der Waals surface area contributed by atoms with Crippen molar-refractivity contribution in [2.24, 2.45) is 5.92 Å². The zero-order valence-corrected chi connectivity index (χ0v) is 13.4. The molecule has 1 fully saturated rings. The lowest BCUT2D eigenvalue weighted by Gasteiger charge is -2.20. The van der Waals surface area contributed by atoms with Crippen molar-refractivity contribution in [3.05, 3.63) is 23.9 Å². The van der Waals surface area contributed by atoms with E-state index in [2.05, 4.69) is 16.9 Å². The van der Waals surface area contributed by atoms with Gasteiger partial charge in [-0.25, -0.2) is 13.4 Å². The van der Waals surface area contributed by atoms with E-state index < -0.39 is 10.0 Å². The smallest absolute Gasteiger partial charge is 0.260 e. The molecule has 0 amide bonds. The lowest BCUT2D eigenvalue weighted by atomic mass is 10.1. The Labute approximate surface area is 125 Å². The van der Waals surface area contributed by atoms with E-state index in [0.717, 1.165) is 25.1 Å². The normalized spacial score (nSPS) is 20.7. The molecule has 1 saturated heterocycles. The van der Waals surface area contributed by atoms with Gasteiger partial charge >= 0.3 is 0 Å². The van der Waals surface area contributed by atoms with Gasteiger partial charge in [-0.3, -0.25) is 0 Å². The third-order valence-electron chi connectivity index (χ3n) is 3.63. The molecular formula is C13H20ClN3O2S. The van der Waals surface area contributed by atoms with E-state index >= 15 is 0 Å². The fourth-order valence-corrected chi connectivity index (χ4v) is 3.75. The summed E-state index contributed by atoms with van der Waals surface area (Å²) < 4.78 is 26.2. The van der Waals surface area contributed by atoms with Gasteiger partial charge in [-0.2, -0.15) is 4.31 Å². The van der Waals surface area contributed by atoms with Crippen LogP contribution >= 0.6 is 11.6 Å². The maximum atomic E-state index is 12.4. The number of hydrogen-bond acceptors (Lipinski definition) is 4. The first-order valence-corrected chi connectivity index (χ1v) is 8.56. The van der Waals surface area contributed by atoms with Crippen LogP contribution in [0.2, 0.25) is 0 Å². The van der Waals surface area contributed by atoms with Gasteiger partial charge in [-0.1, -0.05) is 6.07 Å². The van der Waals surface area contributed by atoms with Crippen molar-refractivity contribution < 1.29 is 8.42 Å². The molecular weight excluding hydrogens is 298 g/mol. The van der Waals surface area contributed by atoms with Crippen molar-refractivity contribution in [1.29, 1.82) is 0 Å². The molecule has 7 heteroatoms. The van der Waals surface area contributed by atoms with Crippen molar-refractivity contribution in [3.8, 4) is 0 Å². The molecule has 1 aliphatic heterocycles. The fourth-order valence-electron chi connectivity index (χ4n) is 2.44. The van der Waals surface area contributed by atoms with Gasteiger partial charge in [-0.05, 0) is 37.6 Å². The first-order valence-electron chi connectivity index (χ1n) is 6.59. The van der Waals surface area contributed by atoms with E-state index in [1.54, 1.807) is 13.1 Å². The minimum absolute atomic E-state index is 0.0835. The van der Waals surface area contributed by atoms with Gasteiger partial charge in [0.2, 0.25) is 0 Å². The summed E-state index contributed by atoms with van der Waals surface area (Å²) in [7, 11) is 0.164. The van der Waals surface area contributed by atoms with Crippen molar-refractivity contribution in [3.63, 3.8) is 0 Å². The number of aromatic nitrogens is 1. The topological polar surface area (TPSA) is 53.5 Å². The molecule has 0 spiro atoms. The second-order valence-corrected chi connectivity index (χ2v) is 7.60. The van der Waals surface area contributed by atoms with Crippen molar-refractivity contribution in [1.82, 2.24) is 14.2 Å². The Morgan fingerprint density at radius 2 is 2.25 bits per heavy atom. The second-order valence-electron chi connectivity index (χ2n) is 5.34. The molecule has 112 valence electrons. The molecule has 20 heavy (non-hydrogen) atoms. The summed E-state index contributed by atoms with van der Waals surface area (Å²) in [4.78, 5) is 6.23. The van der Waals surface area contributed by atoms with E-state index in [1.165, 1.54) is 16.6 Å². The van der Waals surface area contributed by atoms with Gasteiger partial charge < -0.3 is 4.90 Å². The highest BCUT2D eigenvalue weighted by Crippen LogP contribution is 2.19. The van der Waals surface area contributed by atoms with E-state index in [1.807, 2.05) is 0 Å². The number of rotatable bonds is 5. The van der Waals surface area contributed by atoms with E-state index in [4.69, 9.17) is 11.6 Å². The molecule has 0 aromatic carbocycles. The number of pyridine rings is 1. The zero-order chi connectivity index (χ0) is 14.8. The first kappa shape index (κ1) is 15.7. The van der Waals surface area contributed by atoms with Crippen LogP contribution in [0.25, 0.3) is 0 Å². The van der Waals surface area contributed by atoms with Gasteiger partial charge in [0.15, 0.2) is 5.03 Å². The van der Waals surface area contributed by atoms with Gasteiger partial charge in [0.1, 0.15) is 0 Å². The average molecular weight is 318 g/mol. The fraction of sp³-hybridized carbons (Fsp3) is 0.615. The molecule has 0 saturated carbocycles. The lowest BCUT2D eigenvalue weighted by molar-refractivity contribution is 0.356. The van der Waals surface area contributed by atoms with Crippen LogP contribution < -0.4 is 0 Å². The lowest BCUT2D eigenvalue weighted by Crippen LogP contribution is -2.33. The summed E-state index contributed by atoms with van der Waals surface area (Å²) >= 11 is 5.68. The summed E-state index contributed by atoms with van der Waals surface area (Å²) in [5.41, 5.74) is 0.811. The SMILES string of the molecule is CN1CCC(CN(C)S(=O)(=O)c2ccc(CCl)cn2)C1. The van der Waals surface area contributed by atoms with Crippen LogP contribution in [0.5, 0.6) is 0 Å². The third-order valence-corrected chi connectivity index (χ3v) is 5.68. The van der Waals surface area contributed by atoms with E-state index in [-0.39, 0.29) is 5.03 Å². The maximum Gasteiger partial charge on any atom is 0.260 e. The van der Waals surface area contributed by atoms with E-state index in [9.17, 15) is 8.42 Å². The van der Waals surface area contributed by atoms with Gasteiger partial charge in [0.05, 0.1) is 0 Å². The van der Waals surface area contributed by atoms with Crippen LogP contribution in [0, 0.1) is 5.92 Å². The van der Waals surface area contributed by atoms with Crippen molar-refractivity contribution in [2.45, 2.75) is 17.3 Å². The van der Waals surface area contributed by atoms with Crippen LogP contribution in [-0.4, -0.2) is 56.3 Å². The van der Waals surface area contributed by atoms with E-state index in [0.29, 0.717) is 18.3 Å². The third kappa shape index (κ3) is 3.49. The maximum absolute atomic E-state index is 12.4. The van der Waals surface area contributed by atoms with Crippen LogP contribution in [0.15, 0.2) is 23.4 Å². The van der Waals surface area contributed by atoms with Crippen LogP contribution in [0.1, 0.15) is 12.0 Å². The predicted molar refractivity (Wildman–Crippen MR) is 79.2 cm³/mol. The van der Waals surface area contributed by atoms with Gasteiger partial charge in [0, 0.05) is 32.2 Å². The summed E-state index contributed by atoms with van der Waals surface area (Å²) in [6.45, 7) is 2.51. The molecule has 0 bridgehead atoms. The van der Waals surface area contributed by atoms with Crippen LogP contribution in [0.4, 0.5) is 0 Å². The molecule has 2 rings (SSSR count). The molecule has 1 aromatic rings. The summed E-state index contributed by atoms with van der Waals surface area (Å²) in [6, 6.07) is 3.22. The number of sulfonamides is 1. The second kappa shape index (κ2) is 6.39.